The van der Waals surface area contributed by atoms with Crippen molar-refractivity contribution in [3.63, 3.8) is 0 Å². The van der Waals surface area contributed by atoms with Gasteiger partial charge < -0.3 is 14.7 Å². The molecule has 2 atom stereocenters. The minimum atomic E-state index is -0.391. The van der Waals surface area contributed by atoms with Gasteiger partial charge in [-0.1, -0.05) is 24.3 Å². The van der Waals surface area contributed by atoms with E-state index in [1.807, 2.05) is 0 Å². The van der Waals surface area contributed by atoms with Gasteiger partial charge in [0.15, 0.2) is 0 Å². The van der Waals surface area contributed by atoms with E-state index in [9.17, 15) is 5.11 Å². The van der Waals surface area contributed by atoms with Crippen LogP contribution in [0.1, 0.15) is 30.1 Å². The maximum atomic E-state index is 10.3. The second-order valence-corrected chi connectivity index (χ2v) is 6.67. The number of piperazine rings is 1. The van der Waals surface area contributed by atoms with Gasteiger partial charge in [0, 0.05) is 32.7 Å². The largest absolute Gasteiger partial charge is 0.389 e. The van der Waals surface area contributed by atoms with Crippen LogP contribution in [-0.2, 0) is 11.2 Å². The number of likely N-dealkylation sites (N-methyl/N-ethyl adjacent to an activating group) is 1. The van der Waals surface area contributed by atoms with Crippen LogP contribution in [-0.4, -0.2) is 67.4 Å². The van der Waals surface area contributed by atoms with Gasteiger partial charge in [-0.3, -0.25) is 4.90 Å². The molecule has 122 valence electrons. The molecule has 1 fully saturated rings. The fourth-order valence-electron chi connectivity index (χ4n) is 3.49. The average Bonchev–Trinajstić information content (AvgIpc) is 2.55. The molecule has 0 amide bonds. The summed E-state index contributed by atoms with van der Waals surface area (Å²) < 4.78 is 6.05. The molecule has 1 heterocycles. The summed E-state index contributed by atoms with van der Waals surface area (Å²) in [6.07, 6.45) is 3.17. The molecular weight excluding hydrogens is 276 g/mol. The van der Waals surface area contributed by atoms with E-state index < -0.39 is 6.10 Å². The Bertz CT molecular complexity index is 472. The molecular formula is C18H28N2O2. The van der Waals surface area contributed by atoms with E-state index in [2.05, 4.69) is 41.1 Å². The van der Waals surface area contributed by atoms with Gasteiger partial charge >= 0.3 is 0 Å². The molecule has 0 bridgehead atoms. The third-order valence-electron chi connectivity index (χ3n) is 4.87. The van der Waals surface area contributed by atoms with Crippen LogP contribution in [0.5, 0.6) is 0 Å². The molecule has 2 aliphatic rings. The standard InChI is InChI=1S/C18H28N2O2/c1-19-9-11-20(12-10-19)13-16(21)14-22-18-8-4-6-15-5-2-3-7-17(15)18/h2-3,5,7,16,18,21H,4,6,8-14H2,1H3/t16-,18-/m1/s1. The molecule has 0 saturated carbocycles. The third-order valence-corrected chi connectivity index (χ3v) is 4.87. The van der Waals surface area contributed by atoms with Crippen LogP contribution in [0.2, 0.25) is 0 Å². The molecule has 4 heteroatoms. The Hall–Kier alpha value is -0.940. The lowest BCUT2D eigenvalue weighted by atomic mass is 9.89. The highest BCUT2D eigenvalue weighted by molar-refractivity contribution is 5.31. The van der Waals surface area contributed by atoms with Crippen LogP contribution < -0.4 is 0 Å². The molecule has 0 radical (unpaired) electrons. The number of ether oxygens (including phenoxy) is 1. The molecule has 0 aromatic heterocycles. The quantitative estimate of drug-likeness (QED) is 0.898. The van der Waals surface area contributed by atoms with Gasteiger partial charge in [-0.25, -0.2) is 0 Å². The normalized spacial score (nSPS) is 24.9. The predicted molar refractivity (Wildman–Crippen MR) is 88.0 cm³/mol. The first-order valence-electron chi connectivity index (χ1n) is 8.51. The molecule has 3 rings (SSSR count). The first-order valence-corrected chi connectivity index (χ1v) is 8.51. The topological polar surface area (TPSA) is 35.9 Å². The summed E-state index contributed by atoms with van der Waals surface area (Å²) in [4.78, 5) is 4.67. The summed E-state index contributed by atoms with van der Waals surface area (Å²) >= 11 is 0. The van der Waals surface area contributed by atoms with Crippen LogP contribution >= 0.6 is 0 Å². The monoisotopic (exact) mass is 304 g/mol. The zero-order valence-electron chi connectivity index (χ0n) is 13.6. The van der Waals surface area contributed by atoms with Gasteiger partial charge in [0.2, 0.25) is 0 Å². The molecule has 4 nitrogen and oxygen atoms in total. The van der Waals surface area contributed by atoms with E-state index >= 15 is 0 Å². The zero-order valence-corrected chi connectivity index (χ0v) is 13.6. The molecule has 1 saturated heterocycles. The SMILES string of the molecule is CN1CCN(C[C@@H](O)CO[C@@H]2CCCc3ccccc32)CC1. The van der Waals surface area contributed by atoms with Crippen molar-refractivity contribution in [2.24, 2.45) is 0 Å². The minimum Gasteiger partial charge on any atom is -0.389 e. The minimum absolute atomic E-state index is 0.159. The van der Waals surface area contributed by atoms with Gasteiger partial charge in [-0.15, -0.1) is 0 Å². The van der Waals surface area contributed by atoms with Crippen LogP contribution in [0.4, 0.5) is 0 Å². The molecule has 1 N–H and O–H groups in total. The summed E-state index contributed by atoms with van der Waals surface area (Å²) in [7, 11) is 2.15. The molecule has 0 unspecified atom stereocenters. The number of nitrogens with zero attached hydrogens (tertiary/aromatic N) is 2. The van der Waals surface area contributed by atoms with Crippen molar-refractivity contribution in [2.75, 3.05) is 46.4 Å². The lowest BCUT2D eigenvalue weighted by Crippen LogP contribution is -2.47. The van der Waals surface area contributed by atoms with Crippen molar-refractivity contribution in [3.05, 3.63) is 35.4 Å². The number of β-amino-alcohol motifs (C(OH)–C–C–N with tert-alkyl or cyclic N) is 1. The Kier molecular flexibility index (Phi) is 5.47. The predicted octanol–water partition coefficient (Wildman–Crippen LogP) is 1.69. The summed E-state index contributed by atoms with van der Waals surface area (Å²) in [5.74, 6) is 0. The number of benzene rings is 1. The first kappa shape index (κ1) is 15.9. The summed E-state index contributed by atoms with van der Waals surface area (Å²) in [6.45, 7) is 5.42. The van der Waals surface area contributed by atoms with E-state index in [4.69, 9.17) is 4.74 Å². The number of fused-ring (bicyclic) bond motifs is 1. The maximum absolute atomic E-state index is 10.3. The van der Waals surface area contributed by atoms with Gasteiger partial charge in [0.05, 0.1) is 18.8 Å². The van der Waals surface area contributed by atoms with E-state index in [0.29, 0.717) is 6.61 Å². The third kappa shape index (κ3) is 4.07. The smallest absolute Gasteiger partial charge is 0.0900 e. The van der Waals surface area contributed by atoms with Gasteiger partial charge in [-0.2, -0.15) is 0 Å². The Balaban J connectivity index is 1.46. The van der Waals surface area contributed by atoms with Crippen LogP contribution in [0.15, 0.2) is 24.3 Å². The van der Waals surface area contributed by atoms with E-state index in [-0.39, 0.29) is 6.10 Å². The van der Waals surface area contributed by atoms with Crippen molar-refractivity contribution < 1.29 is 9.84 Å². The van der Waals surface area contributed by atoms with Crippen molar-refractivity contribution in [1.29, 1.82) is 0 Å². The number of hydrogen-bond donors (Lipinski definition) is 1. The fraction of sp³-hybridized carbons (Fsp3) is 0.667. The van der Waals surface area contributed by atoms with Crippen molar-refractivity contribution in [3.8, 4) is 0 Å². The van der Waals surface area contributed by atoms with E-state index in [1.54, 1.807) is 0 Å². The van der Waals surface area contributed by atoms with Crippen LogP contribution in [0.3, 0.4) is 0 Å². The fourth-order valence-corrected chi connectivity index (χ4v) is 3.49. The first-order chi connectivity index (χ1) is 10.7. The Morgan fingerprint density at radius 1 is 1.23 bits per heavy atom. The Morgan fingerprint density at radius 3 is 2.82 bits per heavy atom. The average molecular weight is 304 g/mol. The second kappa shape index (κ2) is 7.55. The molecule has 0 spiro atoms. The second-order valence-electron chi connectivity index (χ2n) is 6.67. The number of rotatable bonds is 5. The van der Waals surface area contributed by atoms with Gasteiger partial charge in [0.25, 0.3) is 0 Å². The molecule has 1 aromatic carbocycles. The number of aryl methyl sites for hydroxylation is 1. The maximum Gasteiger partial charge on any atom is 0.0900 e. The Morgan fingerprint density at radius 2 is 2.00 bits per heavy atom. The highest BCUT2D eigenvalue weighted by Gasteiger charge is 2.22. The lowest BCUT2D eigenvalue weighted by molar-refractivity contribution is -0.0315. The molecule has 1 aliphatic carbocycles. The van der Waals surface area contributed by atoms with Crippen LogP contribution in [0, 0.1) is 0 Å². The molecule has 1 aliphatic heterocycles. The number of aliphatic hydroxyl groups is 1. The Labute approximate surface area is 133 Å². The molecule has 1 aromatic rings. The summed E-state index contributed by atoms with van der Waals surface area (Å²) in [5.41, 5.74) is 2.73. The lowest BCUT2D eigenvalue weighted by Gasteiger charge is -2.34. The van der Waals surface area contributed by atoms with Crippen molar-refractivity contribution in [2.45, 2.75) is 31.5 Å². The highest BCUT2D eigenvalue weighted by atomic mass is 16.5. The van der Waals surface area contributed by atoms with Gasteiger partial charge in [0.1, 0.15) is 0 Å². The van der Waals surface area contributed by atoms with Crippen molar-refractivity contribution in [1.82, 2.24) is 9.80 Å². The number of aliphatic hydroxyl groups excluding tert-OH is 1. The molecule has 22 heavy (non-hydrogen) atoms. The van der Waals surface area contributed by atoms with Gasteiger partial charge in [-0.05, 0) is 37.4 Å². The van der Waals surface area contributed by atoms with Crippen LogP contribution in [0.25, 0.3) is 0 Å². The number of hydrogen-bond acceptors (Lipinski definition) is 4. The zero-order chi connectivity index (χ0) is 15.4. The van der Waals surface area contributed by atoms with E-state index in [1.165, 1.54) is 17.5 Å². The van der Waals surface area contributed by atoms with E-state index in [0.717, 1.165) is 45.6 Å². The summed E-state index contributed by atoms with van der Waals surface area (Å²) in [5, 5.41) is 10.3. The highest BCUT2D eigenvalue weighted by Crippen LogP contribution is 2.32. The van der Waals surface area contributed by atoms with Crippen molar-refractivity contribution >= 4 is 0 Å². The summed E-state index contributed by atoms with van der Waals surface area (Å²) in [6, 6.07) is 8.56.